The Morgan fingerprint density at radius 2 is 1.75 bits per heavy atom. The molecule has 0 aromatic heterocycles. The molecule has 0 aliphatic heterocycles. The minimum atomic E-state index is -1.13. The van der Waals surface area contributed by atoms with E-state index in [4.69, 9.17) is 5.11 Å². The van der Waals surface area contributed by atoms with Crippen LogP contribution in [-0.4, -0.2) is 35.5 Å². The lowest BCUT2D eigenvalue weighted by Gasteiger charge is -2.21. The van der Waals surface area contributed by atoms with Gasteiger partial charge in [0.15, 0.2) is 0 Å². The van der Waals surface area contributed by atoms with Crippen molar-refractivity contribution >= 4 is 17.8 Å². The Kier molecular flexibility index (Phi) is 5.71. The van der Waals surface area contributed by atoms with Crippen molar-refractivity contribution in [3.63, 3.8) is 0 Å². The fourth-order valence-corrected chi connectivity index (χ4v) is 1.62. The van der Waals surface area contributed by atoms with Gasteiger partial charge in [-0.15, -0.1) is 0 Å². The minimum absolute atomic E-state index is 0.156. The van der Waals surface area contributed by atoms with E-state index < -0.39 is 24.5 Å². The van der Waals surface area contributed by atoms with Crippen LogP contribution in [0.25, 0.3) is 0 Å². The highest BCUT2D eigenvalue weighted by atomic mass is 16.4. The van der Waals surface area contributed by atoms with Crippen molar-refractivity contribution in [1.82, 2.24) is 10.6 Å². The van der Waals surface area contributed by atoms with Crippen LogP contribution in [0.4, 0.5) is 0 Å². The first-order valence-electron chi connectivity index (χ1n) is 6.27. The Morgan fingerprint density at radius 1 is 1.15 bits per heavy atom. The maximum absolute atomic E-state index is 12.0. The number of carboxylic acid groups (broad SMARTS) is 1. The number of carbonyl (C=O) groups excluding carboxylic acids is 2. The number of rotatable bonds is 6. The van der Waals surface area contributed by atoms with Crippen molar-refractivity contribution in [2.45, 2.75) is 19.9 Å². The lowest BCUT2D eigenvalue weighted by molar-refractivity contribution is -0.138. The van der Waals surface area contributed by atoms with Crippen molar-refractivity contribution in [2.75, 3.05) is 6.54 Å². The van der Waals surface area contributed by atoms with Gasteiger partial charge in [0.05, 0.1) is 0 Å². The predicted molar refractivity (Wildman–Crippen MR) is 73.2 cm³/mol. The van der Waals surface area contributed by atoms with E-state index in [1.807, 2.05) is 0 Å². The van der Waals surface area contributed by atoms with Gasteiger partial charge in [0.25, 0.3) is 5.91 Å². The fraction of sp³-hybridized carbons (Fsp3) is 0.357. The van der Waals surface area contributed by atoms with E-state index in [1.165, 1.54) is 0 Å². The second-order valence-corrected chi connectivity index (χ2v) is 4.67. The average Bonchev–Trinajstić information content (AvgIpc) is 2.42. The molecule has 20 heavy (non-hydrogen) atoms. The smallest absolute Gasteiger partial charge is 0.322 e. The van der Waals surface area contributed by atoms with Gasteiger partial charge in [-0.3, -0.25) is 14.4 Å². The molecule has 108 valence electrons. The Bertz CT molecular complexity index is 485. The number of carbonyl (C=O) groups is 3. The summed E-state index contributed by atoms with van der Waals surface area (Å²) in [7, 11) is 0. The van der Waals surface area contributed by atoms with E-state index in [9.17, 15) is 14.4 Å². The Morgan fingerprint density at radius 3 is 2.25 bits per heavy atom. The first-order chi connectivity index (χ1) is 9.41. The van der Waals surface area contributed by atoms with Crippen molar-refractivity contribution in [3.8, 4) is 0 Å². The largest absolute Gasteiger partial charge is 0.480 e. The molecule has 0 unspecified atom stereocenters. The lowest BCUT2D eigenvalue weighted by atomic mass is 10.0. The first kappa shape index (κ1) is 15.7. The van der Waals surface area contributed by atoms with Crippen molar-refractivity contribution < 1.29 is 19.5 Å². The highest BCUT2D eigenvalue weighted by molar-refractivity contribution is 5.97. The molecule has 6 nitrogen and oxygen atoms in total. The van der Waals surface area contributed by atoms with Crippen LogP contribution in [0.5, 0.6) is 0 Å². The molecule has 0 radical (unpaired) electrons. The summed E-state index contributed by atoms with van der Waals surface area (Å²) >= 11 is 0. The molecule has 6 heteroatoms. The van der Waals surface area contributed by atoms with E-state index in [2.05, 4.69) is 10.6 Å². The zero-order valence-corrected chi connectivity index (χ0v) is 11.4. The van der Waals surface area contributed by atoms with Crippen LogP contribution in [0, 0.1) is 5.92 Å². The zero-order valence-electron chi connectivity index (χ0n) is 11.4. The van der Waals surface area contributed by atoms with Gasteiger partial charge in [-0.1, -0.05) is 32.0 Å². The molecular weight excluding hydrogens is 260 g/mol. The summed E-state index contributed by atoms with van der Waals surface area (Å²) in [6, 6.07) is 7.75. The van der Waals surface area contributed by atoms with Crippen LogP contribution in [0.3, 0.4) is 0 Å². The fourth-order valence-electron chi connectivity index (χ4n) is 1.62. The number of benzene rings is 1. The first-order valence-corrected chi connectivity index (χ1v) is 6.27. The van der Waals surface area contributed by atoms with Crippen LogP contribution >= 0.6 is 0 Å². The van der Waals surface area contributed by atoms with Gasteiger partial charge < -0.3 is 15.7 Å². The molecule has 0 saturated carbocycles. The number of aliphatic carboxylic acids is 1. The summed E-state index contributed by atoms with van der Waals surface area (Å²) in [5.74, 6) is -2.16. The normalized spacial score (nSPS) is 11.8. The average molecular weight is 278 g/mol. The van der Waals surface area contributed by atoms with Gasteiger partial charge in [0.1, 0.15) is 12.6 Å². The predicted octanol–water partition coefficient (Wildman–Crippen LogP) is 0.642. The van der Waals surface area contributed by atoms with Gasteiger partial charge in [0, 0.05) is 5.56 Å². The molecule has 0 aliphatic rings. The molecule has 1 aromatic carbocycles. The third-order valence-electron chi connectivity index (χ3n) is 2.69. The third kappa shape index (κ3) is 4.72. The van der Waals surface area contributed by atoms with Crippen LogP contribution in [-0.2, 0) is 9.59 Å². The summed E-state index contributed by atoms with van der Waals surface area (Å²) in [5, 5.41) is 13.4. The summed E-state index contributed by atoms with van der Waals surface area (Å²) in [5.41, 5.74) is 0.448. The monoisotopic (exact) mass is 278 g/mol. The number of hydrogen-bond donors (Lipinski definition) is 3. The number of amides is 2. The molecule has 0 fully saturated rings. The second kappa shape index (κ2) is 7.28. The summed E-state index contributed by atoms with van der Waals surface area (Å²) < 4.78 is 0. The van der Waals surface area contributed by atoms with Gasteiger partial charge >= 0.3 is 5.97 Å². The quantitative estimate of drug-likeness (QED) is 0.711. The molecule has 0 bridgehead atoms. The number of hydrogen-bond acceptors (Lipinski definition) is 3. The molecule has 0 saturated heterocycles. The minimum Gasteiger partial charge on any atom is -0.480 e. The molecule has 1 atom stereocenters. The van der Waals surface area contributed by atoms with E-state index in [1.54, 1.807) is 44.2 Å². The SMILES string of the molecule is CC(C)[C@H](NC(=O)c1ccccc1)C(=O)NCC(=O)O. The standard InChI is InChI=1S/C14H18N2O4/c1-9(2)12(14(20)15-8-11(17)18)16-13(19)10-6-4-3-5-7-10/h3-7,9,12H,8H2,1-2H3,(H,15,20)(H,16,19)(H,17,18)/t12-/m0/s1. The maximum atomic E-state index is 12.0. The molecule has 3 N–H and O–H groups in total. The van der Waals surface area contributed by atoms with E-state index in [0.29, 0.717) is 5.56 Å². The summed E-state index contributed by atoms with van der Waals surface area (Å²) in [6.07, 6.45) is 0. The Balaban J connectivity index is 2.70. The van der Waals surface area contributed by atoms with Gasteiger partial charge in [0.2, 0.25) is 5.91 Å². The van der Waals surface area contributed by atoms with Crippen LogP contribution in [0.15, 0.2) is 30.3 Å². The molecule has 0 aliphatic carbocycles. The Hall–Kier alpha value is -2.37. The molecule has 1 aromatic rings. The third-order valence-corrected chi connectivity index (χ3v) is 2.69. The van der Waals surface area contributed by atoms with Crippen molar-refractivity contribution in [1.29, 1.82) is 0 Å². The molecule has 0 spiro atoms. The van der Waals surface area contributed by atoms with Gasteiger partial charge in [-0.05, 0) is 18.1 Å². The number of nitrogens with one attached hydrogen (secondary N) is 2. The lowest BCUT2D eigenvalue weighted by Crippen LogP contribution is -2.50. The van der Waals surface area contributed by atoms with Crippen molar-refractivity contribution in [2.24, 2.45) is 5.92 Å². The highest BCUT2D eigenvalue weighted by Gasteiger charge is 2.24. The van der Waals surface area contributed by atoms with Gasteiger partial charge in [-0.25, -0.2) is 0 Å². The molecule has 0 heterocycles. The topological polar surface area (TPSA) is 95.5 Å². The van der Waals surface area contributed by atoms with E-state index in [-0.39, 0.29) is 11.8 Å². The van der Waals surface area contributed by atoms with E-state index >= 15 is 0 Å². The summed E-state index contributed by atoms with van der Waals surface area (Å²) in [6.45, 7) is 3.08. The van der Waals surface area contributed by atoms with Gasteiger partial charge in [-0.2, -0.15) is 0 Å². The van der Waals surface area contributed by atoms with Crippen molar-refractivity contribution in [3.05, 3.63) is 35.9 Å². The Labute approximate surface area is 117 Å². The summed E-state index contributed by atoms with van der Waals surface area (Å²) in [4.78, 5) is 34.3. The van der Waals surface area contributed by atoms with Crippen LogP contribution < -0.4 is 10.6 Å². The van der Waals surface area contributed by atoms with Crippen LogP contribution in [0.2, 0.25) is 0 Å². The molecule has 1 rings (SSSR count). The zero-order chi connectivity index (χ0) is 15.1. The second-order valence-electron chi connectivity index (χ2n) is 4.67. The van der Waals surface area contributed by atoms with Crippen LogP contribution in [0.1, 0.15) is 24.2 Å². The van der Waals surface area contributed by atoms with E-state index in [0.717, 1.165) is 0 Å². The molecular formula is C14H18N2O4. The highest BCUT2D eigenvalue weighted by Crippen LogP contribution is 2.05. The number of carboxylic acids is 1. The molecule has 2 amide bonds. The maximum Gasteiger partial charge on any atom is 0.322 e.